The fraction of sp³-hybridized carbons (Fsp3) is 0.500. The van der Waals surface area contributed by atoms with E-state index in [4.69, 9.17) is 9.47 Å². The first-order valence-corrected chi connectivity index (χ1v) is 10.6. The minimum absolute atomic E-state index is 0.151. The molecule has 0 bridgehead atoms. The SMILES string of the molecule is c1ccc2c(c1)CCC(c1ccc(OCCCCN3CCCCC3)cc1)O2. The van der Waals surface area contributed by atoms with Crippen molar-refractivity contribution in [3.05, 3.63) is 59.7 Å². The summed E-state index contributed by atoms with van der Waals surface area (Å²) < 4.78 is 12.1. The number of para-hydroxylation sites is 1. The highest BCUT2D eigenvalue weighted by Gasteiger charge is 2.20. The smallest absolute Gasteiger partial charge is 0.124 e. The largest absolute Gasteiger partial charge is 0.494 e. The molecule has 3 nitrogen and oxygen atoms in total. The minimum atomic E-state index is 0.151. The highest BCUT2D eigenvalue weighted by Crippen LogP contribution is 2.35. The Labute approximate surface area is 163 Å². The van der Waals surface area contributed by atoms with Crippen LogP contribution >= 0.6 is 0 Å². The Hall–Kier alpha value is -2.00. The number of unbranched alkanes of at least 4 members (excludes halogenated alkanes) is 1. The molecule has 0 radical (unpaired) electrons. The second-order valence-corrected chi connectivity index (χ2v) is 7.78. The van der Waals surface area contributed by atoms with E-state index in [1.165, 1.54) is 56.4 Å². The first kappa shape index (κ1) is 18.4. The molecule has 2 aliphatic heterocycles. The molecule has 2 aliphatic rings. The molecule has 3 heteroatoms. The maximum Gasteiger partial charge on any atom is 0.124 e. The van der Waals surface area contributed by atoms with Gasteiger partial charge in [0, 0.05) is 0 Å². The highest BCUT2D eigenvalue weighted by atomic mass is 16.5. The van der Waals surface area contributed by atoms with Crippen molar-refractivity contribution in [2.24, 2.45) is 0 Å². The summed E-state index contributed by atoms with van der Waals surface area (Å²) in [5.41, 5.74) is 2.56. The lowest BCUT2D eigenvalue weighted by Crippen LogP contribution is -2.30. The van der Waals surface area contributed by atoms with E-state index in [9.17, 15) is 0 Å². The molecule has 0 saturated carbocycles. The van der Waals surface area contributed by atoms with E-state index < -0.39 is 0 Å². The van der Waals surface area contributed by atoms with Crippen molar-refractivity contribution in [1.29, 1.82) is 0 Å². The number of rotatable bonds is 7. The Kier molecular flexibility index (Phi) is 6.31. The zero-order valence-corrected chi connectivity index (χ0v) is 16.2. The Bertz CT molecular complexity index is 707. The number of aryl methyl sites for hydroxylation is 1. The lowest BCUT2D eigenvalue weighted by atomic mass is 9.97. The molecule has 0 spiro atoms. The van der Waals surface area contributed by atoms with Gasteiger partial charge in [-0.25, -0.2) is 0 Å². The summed E-state index contributed by atoms with van der Waals surface area (Å²) in [5.74, 6) is 2.00. The lowest BCUT2D eigenvalue weighted by molar-refractivity contribution is 0.176. The fourth-order valence-corrected chi connectivity index (χ4v) is 4.15. The van der Waals surface area contributed by atoms with Crippen molar-refractivity contribution in [1.82, 2.24) is 4.90 Å². The Morgan fingerprint density at radius 1 is 0.926 bits per heavy atom. The molecule has 1 fully saturated rings. The number of hydrogen-bond acceptors (Lipinski definition) is 3. The molecule has 4 rings (SSSR count). The van der Waals surface area contributed by atoms with Crippen molar-refractivity contribution in [3.63, 3.8) is 0 Å². The van der Waals surface area contributed by atoms with Gasteiger partial charge in [-0.3, -0.25) is 0 Å². The van der Waals surface area contributed by atoms with Crippen LogP contribution in [0.4, 0.5) is 0 Å². The van der Waals surface area contributed by atoms with Crippen LogP contribution in [0.1, 0.15) is 55.8 Å². The molecule has 0 amide bonds. The van der Waals surface area contributed by atoms with Gasteiger partial charge in [-0.15, -0.1) is 0 Å². The number of likely N-dealkylation sites (tertiary alicyclic amines) is 1. The monoisotopic (exact) mass is 365 g/mol. The van der Waals surface area contributed by atoms with E-state index in [2.05, 4.69) is 47.4 Å². The van der Waals surface area contributed by atoms with Crippen LogP contribution in [0, 0.1) is 0 Å². The molecule has 2 heterocycles. The Morgan fingerprint density at radius 3 is 2.59 bits per heavy atom. The van der Waals surface area contributed by atoms with Gasteiger partial charge in [-0.1, -0.05) is 36.8 Å². The highest BCUT2D eigenvalue weighted by molar-refractivity contribution is 5.37. The molecule has 1 unspecified atom stereocenters. The van der Waals surface area contributed by atoms with Crippen LogP contribution in [-0.2, 0) is 6.42 Å². The molecule has 27 heavy (non-hydrogen) atoms. The summed E-state index contributed by atoms with van der Waals surface area (Å²) >= 11 is 0. The molecule has 0 N–H and O–H groups in total. The number of ether oxygens (including phenoxy) is 2. The van der Waals surface area contributed by atoms with E-state index in [0.29, 0.717) is 0 Å². The predicted octanol–water partition coefficient (Wildman–Crippen LogP) is 5.40. The molecule has 0 aromatic heterocycles. The van der Waals surface area contributed by atoms with Crippen LogP contribution < -0.4 is 9.47 Å². The zero-order valence-electron chi connectivity index (χ0n) is 16.2. The van der Waals surface area contributed by atoms with Gasteiger partial charge in [-0.2, -0.15) is 0 Å². The topological polar surface area (TPSA) is 21.7 Å². The second-order valence-electron chi connectivity index (χ2n) is 7.78. The summed E-state index contributed by atoms with van der Waals surface area (Å²) in [4.78, 5) is 2.60. The second kappa shape index (κ2) is 9.27. The molecule has 1 saturated heterocycles. The quantitative estimate of drug-likeness (QED) is 0.613. The van der Waals surface area contributed by atoms with E-state index in [0.717, 1.165) is 37.4 Å². The number of piperidine rings is 1. The minimum Gasteiger partial charge on any atom is -0.494 e. The predicted molar refractivity (Wildman–Crippen MR) is 110 cm³/mol. The summed E-state index contributed by atoms with van der Waals surface area (Å²) in [6.45, 7) is 4.61. The summed E-state index contributed by atoms with van der Waals surface area (Å²) in [6.07, 6.45) is 8.78. The van der Waals surface area contributed by atoms with Crippen LogP contribution in [0.2, 0.25) is 0 Å². The van der Waals surface area contributed by atoms with Crippen molar-refractivity contribution < 1.29 is 9.47 Å². The lowest BCUT2D eigenvalue weighted by Gasteiger charge is -2.26. The summed E-state index contributed by atoms with van der Waals surface area (Å²) in [7, 11) is 0. The van der Waals surface area contributed by atoms with Gasteiger partial charge in [0.25, 0.3) is 0 Å². The number of benzene rings is 2. The third-order valence-electron chi connectivity index (χ3n) is 5.76. The third kappa shape index (κ3) is 5.04. The molecule has 2 aromatic rings. The number of hydrogen-bond donors (Lipinski definition) is 0. The number of nitrogens with zero attached hydrogens (tertiary/aromatic N) is 1. The van der Waals surface area contributed by atoms with Gasteiger partial charge in [0.15, 0.2) is 0 Å². The van der Waals surface area contributed by atoms with Crippen LogP contribution in [0.5, 0.6) is 11.5 Å². The van der Waals surface area contributed by atoms with Gasteiger partial charge in [-0.05, 0) is 87.5 Å². The normalized spacial score (nSPS) is 19.9. The van der Waals surface area contributed by atoms with Crippen LogP contribution in [0.15, 0.2) is 48.5 Å². The van der Waals surface area contributed by atoms with E-state index in [1.807, 2.05) is 6.07 Å². The van der Waals surface area contributed by atoms with Gasteiger partial charge in [0.2, 0.25) is 0 Å². The van der Waals surface area contributed by atoms with Crippen LogP contribution in [0.3, 0.4) is 0 Å². The Morgan fingerprint density at radius 2 is 1.74 bits per heavy atom. The molecule has 0 aliphatic carbocycles. The maximum atomic E-state index is 6.18. The van der Waals surface area contributed by atoms with E-state index in [-0.39, 0.29) is 6.10 Å². The zero-order chi connectivity index (χ0) is 18.3. The fourth-order valence-electron chi connectivity index (χ4n) is 4.15. The van der Waals surface area contributed by atoms with Crippen molar-refractivity contribution in [2.45, 2.75) is 51.0 Å². The molecule has 144 valence electrons. The van der Waals surface area contributed by atoms with Gasteiger partial charge < -0.3 is 14.4 Å². The van der Waals surface area contributed by atoms with Crippen molar-refractivity contribution in [3.8, 4) is 11.5 Å². The summed E-state index contributed by atoms with van der Waals surface area (Å²) in [5, 5.41) is 0. The first-order valence-electron chi connectivity index (χ1n) is 10.6. The van der Waals surface area contributed by atoms with Gasteiger partial charge in [0.1, 0.15) is 17.6 Å². The van der Waals surface area contributed by atoms with Gasteiger partial charge in [0.05, 0.1) is 6.61 Å². The van der Waals surface area contributed by atoms with Crippen molar-refractivity contribution in [2.75, 3.05) is 26.2 Å². The molecular weight excluding hydrogens is 334 g/mol. The number of fused-ring (bicyclic) bond motifs is 1. The van der Waals surface area contributed by atoms with Crippen LogP contribution in [-0.4, -0.2) is 31.1 Å². The average molecular weight is 366 g/mol. The molecular formula is C24H31NO2. The molecule has 2 aromatic carbocycles. The Balaban J connectivity index is 1.20. The average Bonchev–Trinajstić information content (AvgIpc) is 2.74. The third-order valence-corrected chi connectivity index (χ3v) is 5.76. The van der Waals surface area contributed by atoms with E-state index >= 15 is 0 Å². The van der Waals surface area contributed by atoms with Crippen LogP contribution in [0.25, 0.3) is 0 Å². The summed E-state index contributed by atoms with van der Waals surface area (Å²) in [6, 6.07) is 16.8. The standard InChI is InChI=1S/C24H31NO2/c1-4-16-25(17-5-1)18-6-7-19-26-22-13-10-21(11-14-22)24-15-12-20-8-2-3-9-23(20)27-24/h2-3,8-11,13-14,24H,1,4-7,12,15-19H2. The first-order chi connectivity index (χ1) is 13.4. The van der Waals surface area contributed by atoms with E-state index in [1.54, 1.807) is 0 Å². The molecule has 1 atom stereocenters. The van der Waals surface area contributed by atoms with Gasteiger partial charge >= 0.3 is 0 Å². The maximum absolute atomic E-state index is 6.18. The van der Waals surface area contributed by atoms with Crippen molar-refractivity contribution >= 4 is 0 Å².